The van der Waals surface area contributed by atoms with Crippen LogP contribution in [0.5, 0.6) is 0 Å². The molecule has 4 nitrogen and oxygen atoms in total. The van der Waals surface area contributed by atoms with Crippen LogP contribution in [0.2, 0.25) is 0 Å². The van der Waals surface area contributed by atoms with Gasteiger partial charge in [0.25, 0.3) is 0 Å². The Balaban J connectivity index is 0.907. The molecular weight excluding hydrogens is 1200 g/mol. The maximum Gasteiger partial charge on any atom is 0.164 e. The summed E-state index contributed by atoms with van der Waals surface area (Å²) in [5.41, 5.74) is 26.5. The molecule has 0 bridgehead atoms. The average Bonchev–Trinajstić information content (AvgIpc) is 1.62. The number of para-hydroxylation sites is 1. The molecule has 16 rings (SSSR count). The van der Waals surface area contributed by atoms with Gasteiger partial charge in [-0.2, -0.15) is 0 Å². The van der Waals surface area contributed by atoms with E-state index in [-0.39, 0.29) is 0 Å². The Kier molecular flexibility index (Phi) is 15.9. The van der Waals surface area contributed by atoms with Crippen LogP contribution in [-0.2, 0) is 0 Å². The van der Waals surface area contributed by atoms with E-state index >= 15 is 0 Å². The third-order valence-electron chi connectivity index (χ3n) is 18.6. The largest absolute Gasteiger partial charge is 0.309 e. The van der Waals surface area contributed by atoms with Crippen molar-refractivity contribution >= 4 is 21.8 Å². The zero-order valence-electron chi connectivity index (χ0n) is 53.8. The Morgan fingerprint density at radius 3 is 1.04 bits per heavy atom. The Morgan fingerprint density at radius 2 is 0.556 bits per heavy atom. The van der Waals surface area contributed by atoms with Gasteiger partial charge in [-0.15, -0.1) is 25.7 Å². The Bertz CT molecular complexity index is 5880. The van der Waals surface area contributed by atoms with Crippen LogP contribution in [0.25, 0.3) is 162 Å². The van der Waals surface area contributed by atoms with E-state index in [1.54, 1.807) is 0 Å². The molecule has 0 aliphatic carbocycles. The first kappa shape index (κ1) is 60.1. The average molecular weight is 1260 g/mol. The third-order valence-corrected chi connectivity index (χ3v) is 18.6. The standard InChI is InChI=1S/C95H58N4/c1-5-63-38-28-46-82(79(63)7-3)86-51-48-69(60-88(86)83-47-29-39-64(6-2)80(83)8-4)74-57-75(59-77(58-74)76-55-72(65-30-14-9-15-31-65)54-73(56-76)66-32-16-10-17-33-66)70-49-52-91-89(61-70)90-62-71(50-53-92(90)99(91)78-40-22-13-23-41-78)81-42-24-25-43-84(81)85-44-26-27-45-87(85)95-97-93(67-34-18-11-19-35-67)96-94(98-95)68-36-20-12-21-37-68/h1-4,9-62H. The highest BCUT2D eigenvalue weighted by Gasteiger charge is 2.23. The van der Waals surface area contributed by atoms with Gasteiger partial charge in [0.15, 0.2) is 17.5 Å². The van der Waals surface area contributed by atoms with Gasteiger partial charge in [-0.3, -0.25) is 0 Å². The number of hydrogen-bond donors (Lipinski definition) is 0. The van der Waals surface area contributed by atoms with E-state index in [1.807, 2.05) is 97.1 Å². The molecule has 0 saturated heterocycles. The van der Waals surface area contributed by atoms with Crippen molar-refractivity contribution in [3.63, 3.8) is 0 Å². The molecule has 458 valence electrons. The predicted molar refractivity (Wildman–Crippen MR) is 411 cm³/mol. The molecule has 0 N–H and O–H groups in total. The lowest BCUT2D eigenvalue weighted by Gasteiger charge is -2.18. The van der Waals surface area contributed by atoms with Crippen molar-refractivity contribution in [2.24, 2.45) is 0 Å². The van der Waals surface area contributed by atoms with Crippen molar-refractivity contribution in [3.8, 4) is 189 Å². The summed E-state index contributed by atoms with van der Waals surface area (Å²) in [6.07, 6.45) is 25.0. The first-order chi connectivity index (χ1) is 48.9. The van der Waals surface area contributed by atoms with Crippen molar-refractivity contribution < 1.29 is 0 Å². The van der Waals surface area contributed by atoms with Crippen molar-refractivity contribution in [2.75, 3.05) is 0 Å². The Hall–Kier alpha value is -13.9. The van der Waals surface area contributed by atoms with Crippen LogP contribution in [0.4, 0.5) is 0 Å². The van der Waals surface area contributed by atoms with Gasteiger partial charge in [0, 0.05) is 55.4 Å². The summed E-state index contributed by atoms with van der Waals surface area (Å²) in [4.78, 5) is 15.5. The lowest BCUT2D eigenvalue weighted by molar-refractivity contribution is 1.07. The van der Waals surface area contributed by atoms with Crippen molar-refractivity contribution in [1.29, 1.82) is 0 Å². The lowest BCUT2D eigenvalue weighted by atomic mass is 9.85. The van der Waals surface area contributed by atoms with E-state index in [4.69, 9.17) is 40.6 Å². The third kappa shape index (κ3) is 11.4. The summed E-state index contributed by atoms with van der Waals surface area (Å²) in [6, 6.07) is 115. The van der Waals surface area contributed by atoms with Crippen LogP contribution in [0.1, 0.15) is 22.3 Å². The molecule has 99 heavy (non-hydrogen) atoms. The lowest BCUT2D eigenvalue weighted by Crippen LogP contribution is -2.01. The van der Waals surface area contributed by atoms with Gasteiger partial charge >= 0.3 is 0 Å². The highest BCUT2D eigenvalue weighted by Crippen LogP contribution is 2.46. The fourth-order valence-corrected chi connectivity index (χ4v) is 13.8. The number of terminal acetylenes is 4. The fourth-order valence-electron chi connectivity index (χ4n) is 13.8. The first-order valence-corrected chi connectivity index (χ1v) is 32.8. The predicted octanol–water partition coefficient (Wildman–Crippen LogP) is 22.9. The summed E-state index contributed by atoms with van der Waals surface area (Å²) < 4.78 is 2.38. The molecule has 0 saturated carbocycles. The smallest absolute Gasteiger partial charge is 0.164 e. The molecule has 2 aromatic heterocycles. The van der Waals surface area contributed by atoms with Crippen molar-refractivity contribution in [3.05, 3.63) is 350 Å². The number of rotatable bonds is 13. The summed E-state index contributed by atoms with van der Waals surface area (Å²) in [6.45, 7) is 0. The Morgan fingerprint density at radius 1 is 0.212 bits per heavy atom. The second-order valence-electron chi connectivity index (χ2n) is 24.4. The Labute approximate surface area is 577 Å². The van der Waals surface area contributed by atoms with Gasteiger partial charge in [-0.05, 0) is 191 Å². The highest BCUT2D eigenvalue weighted by atomic mass is 15.0. The van der Waals surface area contributed by atoms with Gasteiger partial charge in [-0.1, -0.05) is 260 Å². The molecular formula is C95H58N4. The molecule has 0 aliphatic rings. The molecule has 0 fully saturated rings. The monoisotopic (exact) mass is 1250 g/mol. The van der Waals surface area contributed by atoms with Gasteiger partial charge in [0.2, 0.25) is 0 Å². The van der Waals surface area contributed by atoms with E-state index in [0.717, 1.165) is 144 Å². The zero-order chi connectivity index (χ0) is 66.8. The maximum absolute atomic E-state index is 6.41. The van der Waals surface area contributed by atoms with Crippen molar-refractivity contribution in [1.82, 2.24) is 19.5 Å². The first-order valence-electron chi connectivity index (χ1n) is 32.8. The minimum Gasteiger partial charge on any atom is -0.309 e. The highest BCUT2D eigenvalue weighted by molar-refractivity contribution is 6.12. The zero-order valence-corrected chi connectivity index (χ0v) is 53.8. The summed E-state index contributed by atoms with van der Waals surface area (Å²) in [5.74, 6) is 13.4. The number of benzene rings is 14. The van der Waals surface area contributed by atoms with Crippen LogP contribution < -0.4 is 0 Å². The van der Waals surface area contributed by atoms with Gasteiger partial charge in [-0.25, -0.2) is 15.0 Å². The number of fused-ring (bicyclic) bond motifs is 3. The molecule has 0 atom stereocenters. The van der Waals surface area contributed by atoms with E-state index < -0.39 is 0 Å². The maximum atomic E-state index is 6.41. The van der Waals surface area contributed by atoms with Crippen LogP contribution in [0, 0.1) is 49.4 Å². The second kappa shape index (κ2) is 26.1. The van der Waals surface area contributed by atoms with E-state index in [1.165, 1.54) is 0 Å². The molecule has 16 aromatic rings. The normalized spacial score (nSPS) is 11.0. The second-order valence-corrected chi connectivity index (χ2v) is 24.4. The van der Waals surface area contributed by atoms with Crippen LogP contribution in [0.15, 0.2) is 328 Å². The molecule has 0 unspecified atom stereocenters. The molecule has 14 aromatic carbocycles. The summed E-state index contributed by atoms with van der Waals surface area (Å²) in [5, 5.41) is 2.20. The van der Waals surface area contributed by atoms with E-state index in [9.17, 15) is 0 Å². The molecule has 2 heterocycles. The molecule has 0 amide bonds. The van der Waals surface area contributed by atoms with Crippen LogP contribution >= 0.6 is 0 Å². The number of hydrogen-bond acceptors (Lipinski definition) is 3. The molecule has 0 spiro atoms. The minimum absolute atomic E-state index is 0.588. The van der Waals surface area contributed by atoms with Crippen LogP contribution in [0.3, 0.4) is 0 Å². The van der Waals surface area contributed by atoms with E-state index in [2.05, 4.69) is 259 Å². The minimum atomic E-state index is 0.588. The van der Waals surface area contributed by atoms with Crippen LogP contribution in [-0.4, -0.2) is 19.5 Å². The summed E-state index contributed by atoms with van der Waals surface area (Å²) >= 11 is 0. The number of nitrogens with zero attached hydrogens (tertiary/aromatic N) is 4. The van der Waals surface area contributed by atoms with Gasteiger partial charge < -0.3 is 4.57 Å². The van der Waals surface area contributed by atoms with Crippen molar-refractivity contribution in [2.45, 2.75) is 0 Å². The quantitative estimate of drug-likeness (QED) is 0.108. The molecule has 4 heteroatoms. The fraction of sp³-hybridized carbons (Fsp3) is 0. The van der Waals surface area contributed by atoms with Gasteiger partial charge in [0.05, 0.1) is 11.0 Å². The molecule has 0 radical (unpaired) electrons. The number of aromatic nitrogens is 4. The van der Waals surface area contributed by atoms with E-state index in [0.29, 0.717) is 39.7 Å². The topological polar surface area (TPSA) is 43.6 Å². The SMILES string of the molecule is C#Cc1cccc(-c2ccc(-c3cc(-c4cc(-c5ccccc5)cc(-c5ccccc5)c4)cc(-c4ccc5c(c4)c4cc(-c6ccccc6-c6ccccc6-c6nc(-c7ccccc7)nc(-c7ccccc7)n6)ccc4n5-c4ccccc4)c3)cc2-c2cccc(C#C)c2C#C)c1C#C. The van der Waals surface area contributed by atoms with Gasteiger partial charge in [0.1, 0.15) is 0 Å². The summed E-state index contributed by atoms with van der Waals surface area (Å²) in [7, 11) is 0. The molecule has 0 aliphatic heterocycles.